The second-order valence-corrected chi connectivity index (χ2v) is 5.03. The van der Waals surface area contributed by atoms with Crippen LogP contribution < -0.4 is 0 Å². The lowest BCUT2D eigenvalue weighted by Crippen LogP contribution is -2.17. The predicted molar refractivity (Wildman–Crippen MR) is 76.1 cm³/mol. The lowest BCUT2D eigenvalue weighted by atomic mass is 9.86. The molecule has 1 aromatic rings. The molecule has 0 spiro atoms. The van der Waals surface area contributed by atoms with Crippen LogP contribution in [0.15, 0.2) is 23.8 Å². The SMILES string of the molecule is CC(C)=C/C=C/c1cc(O)c2c(c1O)C(=O)CCC2=O. The number of Topliss-reactive ketones (excluding diaryl/α,β-unsaturated/α-hetero) is 2. The number of benzene rings is 1. The molecule has 20 heavy (non-hydrogen) atoms. The molecular formula is C16H16O4. The number of aromatic hydroxyl groups is 2. The van der Waals surface area contributed by atoms with Crippen LogP contribution in [0.25, 0.3) is 6.08 Å². The molecule has 4 heteroatoms. The first-order chi connectivity index (χ1) is 9.41. The average molecular weight is 272 g/mol. The van der Waals surface area contributed by atoms with Crippen molar-refractivity contribution in [2.45, 2.75) is 26.7 Å². The summed E-state index contributed by atoms with van der Waals surface area (Å²) in [6.45, 7) is 3.85. The Morgan fingerprint density at radius 1 is 1.10 bits per heavy atom. The van der Waals surface area contributed by atoms with Crippen LogP contribution in [-0.2, 0) is 0 Å². The first kappa shape index (κ1) is 14.1. The van der Waals surface area contributed by atoms with E-state index in [1.54, 1.807) is 12.2 Å². The zero-order valence-corrected chi connectivity index (χ0v) is 11.4. The molecular weight excluding hydrogens is 256 g/mol. The van der Waals surface area contributed by atoms with E-state index < -0.39 is 0 Å². The van der Waals surface area contributed by atoms with E-state index in [9.17, 15) is 19.8 Å². The standard InChI is InChI=1S/C16H16O4/c1-9(2)4-3-5-10-8-13(19)14-11(17)6-7-12(18)15(14)16(10)20/h3-5,8,19-20H,6-7H2,1-2H3/b5-3+. The highest BCUT2D eigenvalue weighted by Gasteiger charge is 2.30. The van der Waals surface area contributed by atoms with E-state index in [1.807, 2.05) is 19.9 Å². The molecule has 2 N–H and O–H groups in total. The number of phenolic OH excluding ortho intramolecular Hbond substituents is 2. The monoisotopic (exact) mass is 272 g/mol. The third kappa shape index (κ3) is 2.50. The zero-order chi connectivity index (χ0) is 14.9. The Balaban J connectivity index is 2.58. The van der Waals surface area contributed by atoms with E-state index in [4.69, 9.17) is 0 Å². The van der Waals surface area contributed by atoms with E-state index in [2.05, 4.69) is 0 Å². The minimum atomic E-state index is -0.315. The van der Waals surface area contributed by atoms with E-state index in [1.165, 1.54) is 6.07 Å². The summed E-state index contributed by atoms with van der Waals surface area (Å²) in [5.74, 6) is -1.13. The lowest BCUT2D eigenvalue weighted by Gasteiger charge is -2.17. The maximum absolute atomic E-state index is 11.9. The topological polar surface area (TPSA) is 74.6 Å². The molecule has 0 saturated carbocycles. The molecule has 2 rings (SSSR count). The van der Waals surface area contributed by atoms with Crippen molar-refractivity contribution < 1.29 is 19.8 Å². The molecule has 0 saturated heterocycles. The number of ketones is 2. The van der Waals surface area contributed by atoms with Gasteiger partial charge in [0.2, 0.25) is 0 Å². The fourth-order valence-electron chi connectivity index (χ4n) is 2.18. The molecule has 1 aliphatic rings. The number of hydrogen-bond donors (Lipinski definition) is 2. The second kappa shape index (κ2) is 5.33. The van der Waals surface area contributed by atoms with Gasteiger partial charge in [-0.25, -0.2) is 0 Å². The number of carbonyl (C=O) groups excluding carboxylic acids is 2. The van der Waals surface area contributed by atoms with E-state index in [0.29, 0.717) is 5.56 Å². The van der Waals surface area contributed by atoms with E-state index >= 15 is 0 Å². The Kier molecular flexibility index (Phi) is 3.74. The highest BCUT2D eigenvalue weighted by Crippen LogP contribution is 2.38. The van der Waals surface area contributed by atoms with Crippen LogP contribution in [0.1, 0.15) is 53.0 Å². The van der Waals surface area contributed by atoms with Gasteiger partial charge in [0, 0.05) is 18.4 Å². The van der Waals surface area contributed by atoms with Crippen molar-refractivity contribution in [3.05, 3.63) is 40.5 Å². The average Bonchev–Trinajstić information content (AvgIpc) is 2.37. The number of fused-ring (bicyclic) bond motifs is 1. The summed E-state index contributed by atoms with van der Waals surface area (Å²) in [5.41, 5.74) is 1.28. The minimum absolute atomic E-state index is 0.0573. The van der Waals surface area contributed by atoms with Crippen LogP contribution in [-0.4, -0.2) is 21.8 Å². The van der Waals surface area contributed by atoms with Crippen LogP contribution in [0, 0.1) is 0 Å². The molecule has 1 aromatic carbocycles. The number of phenols is 2. The fraction of sp³-hybridized carbons (Fsp3) is 0.250. The molecule has 0 bridgehead atoms. The van der Waals surface area contributed by atoms with Gasteiger partial charge in [0.25, 0.3) is 0 Å². The van der Waals surface area contributed by atoms with Gasteiger partial charge in [0.1, 0.15) is 11.5 Å². The van der Waals surface area contributed by atoms with Gasteiger partial charge < -0.3 is 10.2 Å². The molecule has 1 aliphatic carbocycles. The van der Waals surface area contributed by atoms with E-state index in [0.717, 1.165) is 5.57 Å². The smallest absolute Gasteiger partial charge is 0.167 e. The van der Waals surface area contributed by atoms with Gasteiger partial charge in [-0.3, -0.25) is 9.59 Å². The number of carbonyl (C=O) groups is 2. The molecule has 0 atom stereocenters. The van der Waals surface area contributed by atoms with Crippen molar-refractivity contribution >= 4 is 17.6 Å². The number of allylic oxidation sites excluding steroid dienone is 3. The van der Waals surface area contributed by atoms with Crippen molar-refractivity contribution in [1.29, 1.82) is 0 Å². The fourth-order valence-corrected chi connectivity index (χ4v) is 2.18. The minimum Gasteiger partial charge on any atom is -0.507 e. The van der Waals surface area contributed by atoms with Gasteiger partial charge in [-0.1, -0.05) is 23.8 Å². The summed E-state index contributed by atoms with van der Waals surface area (Å²) >= 11 is 0. The Morgan fingerprint density at radius 3 is 2.30 bits per heavy atom. The molecule has 104 valence electrons. The van der Waals surface area contributed by atoms with Crippen molar-refractivity contribution in [3.8, 4) is 11.5 Å². The summed E-state index contributed by atoms with van der Waals surface area (Å²) in [6, 6.07) is 1.31. The summed E-state index contributed by atoms with van der Waals surface area (Å²) < 4.78 is 0. The first-order valence-corrected chi connectivity index (χ1v) is 6.38. The Hall–Kier alpha value is -2.36. The third-order valence-corrected chi connectivity index (χ3v) is 3.15. The van der Waals surface area contributed by atoms with Gasteiger partial charge >= 0.3 is 0 Å². The molecule has 0 unspecified atom stereocenters. The molecule has 0 fully saturated rings. The number of hydrogen-bond acceptors (Lipinski definition) is 4. The largest absolute Gasteiger partial charge is 0.507 e. The first-order valence-electron chi connectivity index (χ1n) is 6.38. The Bertz CT molecular complexity index is 647. The van der Waals surface area contributed by atoms with Crippen molar-refractivity contribution in [2.24, 2.45) is 0 Å². The molecule has 0 amide bonds. The van der Waals surface area contributed by atoms with Gasteiger partial charge in [-0.2, -0.15) is 0 Å². The molecule has 0 radical (unpaired) electrons. The van der Waals surface area contributed by atoms with Crippen molar-refractivity contribution in [1.82, 2.24) is 0 Å². The molecule has 0 aromatic heterocycles. The second-order valence-electron chi connectivity index (χ2n) is 5.03. The third-order valence-electron chi connectivity index (χ3n) is 3.15. The van der Waals surface area contributed by atoms with Crippen LogP contribution in [0.4, 0.5) is 0 Å². The van der Waals surface area contributed by atoms with Crippen molar-refractivity contribution in [2.75, 3.05) is 0 Å². The van der Waals surface area contributed by atoms with Gasteiger partial charge in [-0.05, 0) is 19.9 Å². The number of rotatable bonds is 2. The summed E-state index contributed by atoms with van der Waals surface area (Å²) in [7, 11) is 0. The van der Waals surface area contributed by atoms with Crippen LogP contribution >= 0.6 is 0 Å². The van der Waals surface area contributed by atoms with Crippen LogP contribution in [0.2, 0.25) is 0 Å². The maximum Gasteiger partial charge on any atom is 0.167 e. The van der Waals surface area contributed by atoms with Gasteiger partial charge in [-0.15, -0.1) is 0 Å². The normalized spacial score (nSPS) is 14.5. The van der Waals surface area contributed by atoms with Crippen LogP contribution in [0.5, 0.6) is 11.5 Å². The Morgan fingerprint density at radius 2 is 1.70 bits per heavy atom. The van der Waals surface area contributed by atoms with Gasteiger partial charge in [0.05, 0.1) is 11.1 Å². The van der Waals surface area contributed by atoms with Gasteiger partial charge in [0.15, 0.2) is 11.6 Å². The zero-order valence-electron chi connectivity index (χ0n) is 11.4. The molecule has 0 heterocycles. The van der Waals surface area contributed by atoms with E-state index in [-0.39, 0.29) is 47.0 Å². The molecule has 0 aliphatic heterocycles. The summed E-state index contributed by atoms with van der Waals surface area (Å²) in [4.78, 5) is 23.6. The summed E-state index contributed by atoms with van der Waals surface area (Å²) in [5, 5.41) is 20.1. The summed E-state index contributed by atoms with van der Waals surface area (Å²) in [6.07, 6.45) is 5.29. The van der Waals surface area contributed by atoms with Crippen molar-refractivity contribution in [3.63, 3.8) is 0 Å². The maximum atomic E-state index is 11.9. The van der Waals surface area contributed by atoms with Crippen LogP contribution in [0.3, 0.4) is 0 Å². The molecule has 4 nitrogen and oxygen atoms in total. The Labute approximate surface area is 117 Å². The quantitative estimate of drug-likeness (QED) is 0.640. The highest BCUT2D eigenvalue weighted by molar-refractivity contribution is 6.17. The predicted octanol–water partition coefficient (Wildman–Crippen LogP) is 3.24. The highest BCUT2D eigenvalue weighted by atomic mass is 16.3. The lowest BCUT2D eigenvalue weighted by molar-refractivity contribution is 0.0885.